The number of nitrogens with zero attached hydrogens (tertiary/aromatic N) is 2. The van der Waals surface area contributed by atoms with Gasteiger partial charge in [0.05, 0.1) is 0 Å². The minimum absolute atomic E-state index is 0.0957. The first-order valence-electron chi connectivity index (χ1n) is 7.76. The van der Waals surface area contributed by atoms with E-state index in [1.165, 1.54) is 5.56 Å². The van der Waals surface area contributed by atoms with Crippen LogP contribution in [0.4, 0.5) is 0 Å². The lowest BCUT2D eigenvalue weighted by atomic mass is 10.1. The van der Waals surface area contributed by atoms with Crippen LogP contribution in [0.2, 0.25) is 0 Å². The number of nitriles is 1. The number of ether oxygens (including phenoxy) is 1. The van der Waals surface area contributed by atoms with Crippen LogP contribution in [0, 0.1) is 11.3 Å². The predicted molar refractivity (Wildman–Crippen MR) is 86.4 cm³/mol. The molecule has 0 radical (unpaired) electrons. The molecule has 0 fully saturated rings. The third-order valence-corrected chi connectivity index (χ3v) is 3.68. The van der Waals surface area contributed by atoms with Gasteiger partial charge in [0.1, 0.15) is 11.8 Å². The molecule has 0 saturated carbocycles. The molecule has 1 atom stereocenters. The van der Waals surface area contributed by atoms with Gasteiger partial charge in [-0.15, -0.1) is 0 Å². The van der Waals surface area contributed by atoms with Gasteiger partial charge in [0.2, 0.25) is 0 Å². The summed E-state index contributed by atoms with van der Waals surface area (Å²) in [6, 6.07) is 10.2. The van der Waals surface area contributed by atoms with Crippen molar-refractivity contribution in [1.82, 2.24) is 10.2 Å². The Morgan fingerprint density at radius 1 is 1.24 bits per heavy atom. The molecule has 0 aromatic heterocycles. The average Bonchev–Trinajstić information content (AvgIpc) is 2.53. The Hall–Kier alpha value is -1.57. The fourth-order valence-corrected chi connectivity index (χ4v) is 2.25. The first kappa shape index (κ1) is 17.5. The van der Waals surface area contributed by atoms with Gasteiger partial charge in [0, 0.05) is 6.04 Å². The lowest BCUT2D eigenvalue weighted by molar-refractivity contribution is 0.296. The van der Waals surface area contributed by atoms with Crippen LogP contribution in [-0.2, 0) is 0 Å². The van der Waals surface area contributed by atoms with Gasteiger partial charge in [0.15, 0.2) is 6.61 Å². The molecule has 0 aliphatic rings. The maximum atomic E-state index is 8.48. The van der Waals surface area contributed by atoms with Crippen molar-refractivity contribution in [3.05, 3.63) is 29.8 Å². The van der Waals surface area contributed by atoms with Crippen LogP contribution in [0.5, 0.6) is 5.75 Å². The first-order valence-corrected chi connectivity index (χ1v) is 7.76. The van der Waals surface area contributed by atoms with Gasteiger partial charge in [-0.05, 0) is 57.2 Å². The summed E-state index contributed by atoms with van der Waals surface area (Å²) in [5.74, 6) is 0.744. The zero-order valence-electron chi connectivity index (χ0n) is 13.4. The molecule has 0 saturated heterocycles. The normalized spacial score (nSPS) is 12.1. The molecule has 0 aliphatic carbocycles. The smallest absolute Gasteiger partial charge is 0.174 e. The molecule has 4 nitrogen and oxygen atoms in total. The molecular formula is C17H27N3O. The van der Waals surface area contributed by atoms with Crippen LogP contribution in [-0.4, -0.2) is 37.7 Å². The van der Waals surface area contributed by atoms with Gasteiger partial charge in [-0.2, -0.15) is 5.26 Å². The maximum absolute atomic E-state index is 8.48. The SMILES string of the molecule is CCN(CC)CCCNC(C)c1ccc(OCC#N)cc1. The molecule has 4 heteroatoms. The fraction of sp³-hybridized carbons (Fsp3) is 0.588. The Kier molecular flexibility index (Phi) is 8.49. The van der Waals surface area contributed by atoms with Crippen LogP contribution in [0.1, 0.15) is 38.8 Å². The molecule has 0 heterocycles. The monoisotopic (exact) mass is 289 g/mol. The van der Waals surface area contributed by atoms with Gasteiger partial charge in [-0.1, -0.05) is 26.0 Å². The molecule has 21 heavy (non-hydrogen) atoms. The number of rotatable bonds is 10. The van der Waals surface area contributed by atoms with Crippen molar-refractivity contribution in [2.45, 2.75) is 33.2 Å². The van der Waals surface area contributed by atoms with E-state index in [4.69, 9.17) is 10.00 Å². The zero-order valence-corrected chi connectivity index (χ0v) is 13.4. The largest absolute Gasteiger partial charge is 0.479 e. The van der Waals surface area contributed by atoms with E-state index in [1.807, 2.05) is 18.2 Å². The van der Waals surface area contributed by atoms with Crippen LogP contribution < -0.4 is 10.1 Å². The summed E-state index contributed by atoms with van der Waals surface area (Å²) in [5, 5.41) is 12.0. The van der Waals surface area contributed by atoms with E-state index in [0.717, 1.165) is 38.3 Å². The van der Waals surface area contributed by atoms with E-state index in [9.17, 15) is 0 Å². The minimum atomic E-state index is 0.0957. The molecule has 0 bridgehead atoms. The first-order chi connectivity index (χ1) is 10.2. The van der Waals surface area contributed by atoms with E-state index in [-0.39, 0.29) is 6.61 Å². The summed E-state index contributed by atoms with van der Waals surface area (Å²) >= 11 is 0. The zero-order chi connectivity index (χ0) is 15.5. The third kappa shape index (κ3) is 6.61. The second kappa shape index (κ2) is 10.2. The van der Waals surface area contributed by atoms with Crippen LogP contribution >= 0.6 is 0 Å². The summed E-state index contributed by atoms with van der Waals surface area (Å²) in [7, 11) is 0. The van der Waals surface area contributed by atoms with Crippen molar-refractivity contribution in [2.24, 2.45) is 0 Å². The van der Waals surface area contributed by atoms with Gasteiger partial charge >= 0.3 is 0 Å². The summed E-state index contributed by atoms with van der Waals surface area (Å²) < 4.78 is 5.25. The van der Waals surface area contributed by atoms with Gasteiger partial charge < -0.3 is 15.0 Å². The number of nitrogens with one attached hydrogen (secondary N) is 1. The molecule has 1 aromatic rings. The van der Waals surface area contributed by atoms with Gasteiger partial charge in [-0.25, -0.2) is 0 Å². The summed E-state index contributed by atoms with van der Waals surface area (Å²) in [6.45, 7) is 11.1. The maximum Gasteiger partial charge on any atom is 0.174 e. The predicted octanol–water partition coefficient (Wildman–Crippen LogP) is 2.97. The van der Waals surface area contributed by atoms with Gasteiger partial charge in [-0.3, -0.25) is 0 Å². The minimum Gasteiger partial charge on any atom is -0.479 e. The van der Waals surface area contributed by atoms with Crippen molar-refractivity contribution >= 4 is 0 Å². The standard InChI is InChI=1S/C17H27N3O/c1-4-20(5-2)13-6-12-19-15(3)16-7-9-17(10-8-16)21-14-11-18/h7-10,15,19H,4-6,12-14H2,1-3H3. The Morgan fingerprint density at radius 2 is 1.90 bits per heavy atom. The van der Waals surface area contributed by atoms with E-state index >= 15 is 0 Å². The van der Waals surface area contributed by atoms with E-state index in [1.54, 1.807) is 0 Å². The fourth-order valence-electron chi connectivity index (χ4n) is 2.25. The molecule has 1 N–H and O–H groups in total. The number of hydrogen-bond acceptors (Lipinski definition) is 4. The van der Waals surface area contributed by atoms with E-state index in [2.05, 4.69) is 43.1 Å². The highest BCUT2D eigenvalue weighted by Crippen LogP contribution is 2.17. The number of hydrogen-bond donors (Lipinski definition) is 1. The van der Waals surface area contributed by atoms with Crippen molar-refractivity contribution < 1.29 is 4.74 Å². The highest BCUT2D eigenvalue weighted by atomic mass is 16.5. The molecule has 116 valence electrons. The molecule has 1 unspecified atom stereocenters. The molecule has 0 amide bonds. The Bertz CT molecular complexity index is 421. The highest BCUT2D eigenvalue weighted by Gasteiger charge is 2.05. The summed E-state index contributed by atoms with van der Waals surface area (Å²) in [6.07, 6.45) is 1.16. The summed E-state index contributed by atoms with van der Waals surface area (Å²) in [4.78, 5) is 2.44. The highest BCUT2D eigenvalue weighted by molar-refractivity contribution is 5.29. The molecular weight excluding hydrogens is 262 g/mol. The lowest BCUT2D eigenvalue weighted by Crippen LogP contribution is -2.28. The van der Waals surface area contributed by atoms with Crippen LogP contribution in [0.25, 0.3) is 0 Å². The quantitative estimate of drug-likeness (QED) is 0.673. The number of benzene rings is 1. The average molecular weight is 289 g/mol. The third-order valence-electron chi connectivity index (χ3n) is 3.68. The van der Waals surface area contributed by atoms with Crippen LogP contribution in [0.15, 0.2) is 24.3 Å². The summed E-state index contributed by atoms with van der Waals surface area (Å²) in [5.41, 5.74) is 1.24. The Labute approximate surface area is 128 Å². The van der Waals surface area contributed by atoms with Crippen LogP contribution in [0.3, 0.4) is 0 Å². The van der Waals surface area contributed by atoms with Crippen molar-refractivity contribution in [2.75, 3.05) is 32.8 Å². The second-order valence-electron chi connectivity index (χ2n) is 5.07. The molecule has 1 rings (SSSR count). The molecule has 0 aliphatic heterocycles. The topological polar surface area (TPSA) is 48.3 Å². The lowest BCUT2D eigenvalue weighted by Gasteiger charge is -2.19. The van der Waals surface area contributed by atoms with E-state index < -0.39 is 0 Å². The molecule has 0 spiro atoms. The van der Waals surface area contributed by atoms with Gasteiger partial charge in [0.25, 0.3) is 0 Å². The van der Waals surface area contributed by atoms with Crippen molar-refractivity contribution in [3.8, 4) is 11.8 Å². The Morgan fingerprint density at radius 3 is 2.48 bits per heavy atom. The second-order valence-corrected chi connectivity index (χ2v) is 5.07. The van der Waals surface area contributed by atoms with E-state index in [0.29, 0.717) is 6.04 Å². The Balaban J connectivity index is 2.31. The molecule has 1 aromatic carbocycles. The van der Waals surface area contributed by atoms with Crippen molar-refractivity contribution in [1.29, 1.82) is 5.26 Å². The van der Waals surface area contributed by atoms with Crippen molar-refractivity contribution in [3.63, 3.8) is 0 Å².